The monoisotopic (exact) mass is 396 g/mol. The molecule has 3 heterocycles. The van der Waals surface area contributed by atoms with Crippen molar-refractivity contribution < 1.29 is 13.2 Å². The lowest BCUT2D eigenvalue weighted by atomic mass is 9.89. The van der Waals surface area contributed by atoms with Crippen LogP contribution in [0, 0.1) is 0 Å². The average Bonchev–Trinajstić information content (AvgIpc) is 3.30. The number of nitrogens with zero attached hydrogens (tertiary/aromatic N) is 5. The van der Waals surface area contributed by atoms with Crippen molar-refractivity contribution in [3.63, 3.8) is 0 Å². The first-order valence-corrected chi connectivity index (χ1v) is 10.1. The maximum atomic E-state index is 13.3. The fourth-order valence-electron chi connectivity index (χ4n) is 4.64. The van der Waals surface area contributed by atoms with Crippen LogP contribution in [-0.2, 0) is 19.8 Å². The van der Waals surface area contributed by atoms with Crippen LogP contribution in [0.3, 0.4) is 0 Å². The number of H-pyrrole nitrogens is 1. The second kappa shape index (κ2) is 7.85. The molecule has 28 heavy (non-hydrogen) atoms. The number of nitrogens with one attached hydrogen (secondary N) is 1. The topological polar surface area (TPSA) is 62.6 Å². The molecule has 4 rings (SSSR count). The minimum atomic E-state index is -4.39. The number of aromatic nitrogens is 5. The van der Waals surface area contributed by atoms with Crippen molar-refractivity contribution in [2.45, 2.75) is 69.5 Å². The second-order valence-corrected chi connectivity index (χ2v) is 8.13. The van der Waals surface area contributed by atoms with Crippen LogP contribution in [0.25, 0.3) is 0 Å². The Morgan fingerprint density at radius 2 is 1.86 bits per heavy atom. The van der Waals surface area contributed by atoms with Crippen LogP contribution < -0.4 is 0 Å². The molecular formula is C19H27F3N6. The summed E-state index contributed by atoms with van der Waals surface area (Å²) in [7, 11) is 1.34. The number of piperidine rings is 1. The van der Waals surface area contributed by atoms with Gasteiger partial charge in [0.2, 0.25) is 0 Å². The highest BCUT2D eigenvalue weighted by Crippen LogP contribution is 2.34. The van der Waals surface area contributed by atoms with Gasteiger partial charge in [-0.05, 0) is 32.2 Å². The van der Waals surface area contributed by atoms with E-state index in [2.05, 4.69) is 20.2 Å². The number of alkyl halides is 3. The largest absolute Gasteiger partial charge is 0.433 e. The smallest absolute Gasteiger partial charge is 0.298 e. The minimum Gasteiger partial charge on any atom is -0.298 e. The molecule has 1 N–H and O–H groups in total. The Kier molecular flexibility index (Phi) is 5.44. The van der Waals surface area contributed by atoms with Crippen molar-refractivity contribution >= 4 is 0 Å². The number of hydrogen-bond donors (Lipinski definition) is 1. The van der Waals surface area contributed by atoms with E-state index in [1.165, 1.54) is 32.5 Å². The first-order chi connectivity index (χ1) is 13.4. The van der Waals surface area contributed by atoms with E-state index in [9.17, 15) is 13.2 Å². The lowest BCUT2D eigenvalue weighted by molar-refractivity contribution is -0.144. The molecule has 2 aromatic rings. The molecule has 2 aliphatic rings. The SMILES string of the molecule is Cn1ncc(CN2CCC[C@H](c3n[nH]c(C4CCCCC4)n3)C2)c1C(F)(F)F. The lowest BCUT2D eigenvalue weighted by Gasteiger charge is -2.31. The lowest BCUT2D eigenvalue weighted by Crippen LogP contribution is -2.34. The highest BCUT2D eigenvalue weighted by atomic mass is 19.4. The van der Waals surface area contributed by atoms with Gasteiger partial charge in [0.05, 0.1) is 6.20 Å². The summed E-state index contributed by atoms with van der Waals surface area (Å²) in [6.45, 7) is 1.70. The Labute approximate surface area is 162 Å². The minimum absolute atomic E-state index is 0.161. The zero-order valence-corrected chi connectivity index (χ0v) is 16.2. The molecule has 1 aliphatic carbocycles. The molecule has 0 aromatic carbocycles. The predicted molar refractivity (Wildman–Crippen MR) is 97.7 cm³/mol. The van der Waals surface area contributed by atoms with Gasteiger partial charge >= 0.3 is 6.18 Å². The first-order valence-electron chi connectivity index (χ1n) is 10.1. The molecule has 1 saturated heterocycles. The number of aryl methyl sites for hydroxylation is 1. The van der Waals surface area contributed by atoms with E-state index in [4.69, 9.17) is 4.98 Å². The van der Waals surface area contributed by atoms with Crippen molar-refractivity contribution in [1.82, 2.24) is 29.9 Å². The zero-order chi connectivity index (χ0) is 19.7. The molecule has 1 aliphatic heterocycles. The molecule has 6 nitrogen and oxygen atoms in total. The number of halogens is 3. The molecule has 0 unspecified atom stereocenters. The highest BCUT2D eigenvalue weighted by molar-refractivity contribution is 5.21. The van der Waals surface area contributed by atoms with Crippen LogP contribution in [0.4, 0.5) is 13.2 Å². The molecule has 2 fully saturated rings. The van der Waals surface area contributed by atoms with Crippen molar-refractivity contribution in [2.75, 3.05) is 13.1 Å². The quantitative estimate of drug-likeness (QED) is 0.849. The van der Waals surface area contributed by atoms with Gasteiger partial charge in [-0.3, -0.25) is 14.7 Å². The van der Waals surface area contributed by atoms with Gasteiger partial charge in [-0.15, -0.1) is 0 Å². The molecule has 0 amide bonds. The van der Waals surface area contributed by atoms with Crippen LogP contribution in [-0.4, -0.2) is 43.0 Å². The van der Waals surface area contributed by atoms with Gasteiger partial charge in [0.1, 0.15) is 11.5 Å². The molecule has 0 radical (unpaired) electrons. The van der Waals surface area contributed by atoms with Gasteiger partial charge < -0.3 is 0 Å². The maximum absolute atomic E-state index is 13.3. The van der Waals surface area contributed by atoms with Crippen molar-refractivity contribution in [1.29, 1.82) is 0 Å². The van der Waals surface area contributed by atoms with Crippen LogP contribution in [0.1, 0.15) is 79.7 Å². The van der Waals surface area contributed by atoms with Crippen molar-refractivity contribution in [3.05, 3.63) is 29.1 Å². The summed E-state index contributed by atoms with van der Waals surface area (Å²) in [5.41, 5.74) is -0.430. The Morgan fingerprint density at radius 1 is 1.11 bits per heavy atom. The Bertz CT molecular complexity index is 790. The molecule has 1 saturated carbocycles. The highest BCUT2D eigenvalue weighted by Gasteiger charge is 2.38. The molecular weight excluding hydrogens is 369 g/mol. The van der Waals surface area contributed by atoms with Gasteiger partial charge in [0.15, 0.2) is 5.82 Å². The first kappa shape index (κ1) is 19.4. The van der Waals surface area contributed by atoms with Crippen molar-refractivity contribution in [3.8, 4) is 0 Å². The maximum Gasteiger partial charge on any atom is 0.433 e. The second-order valence-electron chi connectivity index (χ2n) is 8.13. The summed E-state index contributed by atoms with van der Waals surface area (Å²) < 4.78 is 40.9. The van der Waals surface area contributed by atoms with E-state index in [0.717, 1.165) is 48.6 Å². The number of rotatable bonds is 4. The average molecular weight is 396 g/mol. The molecule has 154 valence electrons. The summed E-state index contributed by atoms with van der Waals surface area (Å²) in [5, 5.41) is 11.4. The third kappa shape index (κ3) is 4.09. The van der Waals surface area contributed by atoms with Crippen LogP contribution >= 0.6 is 0 Å². The standard InChI is InChI=1S/C19H27F3N6/c1-27-16(19(20,21)22)15(10-23-27)12-28-9-5-8-14(11-28)18-24-17(25-26-18)13-6-3-2-4-7-13/h10,13-14H,2-9,11-12H2,1H3,(H,24,25,26)/t14-/m0/s1. The van der Waals surface area contributed by atoms with E-state index < -0.39 is 11.9 Å². The molecule has 0 spiro atoms. The number of aromatic amines is 1. The third-order valence-corrected chi connectivity index (χ3v) is 6.06. The number of likely N-dealkylation sites (tertiary alicyclic amines) is 1. The summed E-state index contributed by atoms with van der Waals surface area (Å²) in [6.07, 6.45) is 4.93. The normalized spacial score (nSPS) is 22.6. The van der Waals surface area contributed by atoms with Crippen LogP contribution in [0.2, 0.25) is 0 Å². The van der Waals surface area contributed by atoms with Gasteiger partial charge in [-0.2, -0.15) is 23.4 Å². The fourth-order valence-corrected chi connectivity index (χ4v) is 4.64. The third-order valence-electron chi connectivity index (χ3n) is 6.06. The number of hydrogen-bond acceptors (Lipinski definition) is 4. The summed E-state index contributed by atoms with van der Waals surface area (Å²) in [5.74, 6) is 2.43. The summed E-state index contributed by atoms with van der Waals surface area (Å²) >= 11 is 0. The van der Waals surface area contributed by atoms with E-state index in [1.54, 1.807) is 0 Å². The van der Waals surface area contributed by atoms with E-state index >= 15 is 0 Å². The Morgan fingerprint density at radius 3 is 2.61 bits per heavy atom. The Balaban J connectivity index is 1.43. The zero-order valence-electron chi connectivity index (χ0n) is 16.2. The van der Waals surface area contributed by atoms with Crippen LogP contribution in [0.5, 0.6) is 0 Å². The Hall–Kier alpha value is -1.90. The van der Waals surface area contributed by atoms with Gasteiger partial charge in [0, 0.05) is 37.5 Å². The van der Waals surface area contributed by atoms with E-state index in [-0.39, 0.29) is 18.0 Å². The molecule has 1 atom stereocenters. The van der Waals surface area contributed by atoms with E-state index in [0.29, 0.717) is 12.5 Å². The van der Waals surface area contributed by atoms with Gasteiger partial charge in [0.25, 0.3) is 0 Å². The molecule has 9 heteroatoms. The molecule has 2 aromatic heterocycles. The van der Waals surface area contributed by atoms with Crippen LogP contribution in [0.15, 0.2) is 6.20 Å². The van der Waals surface area contributed by atoms with Gasteiger partial charge in [-0.25, -0.2) is 4.98 Å². The van der Waals surface area contributed by atoms with Crippen molar-refractivity contribution in [2.24, 2.45) is 7.05 Å². The molecule has 0 bridgehead atoms. The summed E-state index contributed by atoms with van der Waals surface area (Å²) in [4.78, 5) is 6.84. The fraction of sp³-hybridized carbons (Fsp3) is 0.737. The van der Waals surface area contributed by atoms with E-state index in [1.807, 2.05) is 0 Å². The predicted octanol–water partition coefficient (Wildman–Crippen LogP) is 3.98. The van der Waals surface area contributed by atoms with Gasteiger partial charge in [-0.1, -0.05) is 19.3 Å². The summed E-state index contributed by atoms with van der Waals surface area (Å²) in [6, 6.07) is 0.